The summed E-state index contributed by atoms with van der Waals surface area (Å²) in [5.74, 6) is -0.585. The number of nitro benzene ring substituents is 1. The molecule has 0 saturated carbocycles. The molecule has 10 nitrogen and oxygen atoms in total. The number of aryl methyl sites for hydroxylation is 2. The summed E-state index contributed by atoms with van der Waals surface area (Å²) < 4.78 is 51.3. The number of sulfonamides is 1. The van der Waals surface area contributed by atoms with E-state index in [4.69, 9.17) is 0 Å². The Balaban J connectivity index is 1.52. The van der Waals surface area contributed by atoms with Gasteiger partial charge in [0.1, 0.15) is 0 Å². The molecule has 0 spiro atoms. The number of carbonyl (C=O) groups is 1. The van der Waals surface area contributed by atoms with Gasteiger partial charge in [0.25, 0.3) is 11.6 Å². The molecule has 2 aliphatic rings. The van der Waals surface area contributed by atoms with Crippen molar-refractivity contribution in [3.63, 3.8) is 0 Å². The Morgan fingerprint density at radius 2 is 1.58 bits per heavy atom. The molecule has 1 amide bonds. The van der Waals surface area contributed by atoms with Gasteiger partial charge >= 0.3 is 0 Å². The fourth-order valence-corrected chi connectivity index (χ4v) is 6.35. The second-order valence-corrected chi connectivity index (χ2v) is 12.2. The minimum absolute atomic E-state index is 0.0685. The summed E-state index contributed by atoms with van der Waals surface area (Å²) in [5, 5.41) is 11.2. The maximum absolute atomic E-state index is 13.1. The summed E-state index contributed by atoms with van der Waals surface area (Å²) in [6, 6.07) is 8.25. The lowest BCUT2D eigenvalue weighted by Crippen LogP contribution is -2.50. The molecule has 33 heavy (non-hydrogen) atoms. The molecule has 0 radical (unpaired) electrons. The Kier molecular flexibility index (Phi) is 6.01. The minimum Gasteiger partial charge on any atom is -0.336 e. The third-order valence-corrected chi connectivity index (χ3v) is 9.00. The summed E-state index contributed by atoms with van der Waals surface area (Å²) >= 11 is 0. The number of amides is 1. The number of rotatable bonds is 5. The monoisotopic (exact) mass is 493 g/mol. The number of sulfone groups is 1. The Hall–Kier alpha value is -2.83. The van der Waals surface area contributed by atoms with E-state index in [9.17, 15) is 31.7 Å². The lowest BCUT2D eigenvalue weighted by molar-refractivity contribution is -0.385. The molecule has 2 aromatic carbocycles. The molecule has 1 saturated heterocycles. The number of piperazine rings is 1. The van der Waals surface area contributed by atoms with E-state index in [0.717, 1.165) is 49.3 Å². The van der Waals surface area contributed by atoms with Crippen molar-refractivity contribution in [1.29, 1.82) is 0 Å². The first-order chi connectivity index (χ1) is 15.5. The molecule has 1 fully saturated rings. The van der Waals surface area contributed by atoms with Crippen molar-refractivity contribution in [1.82, 2.24) is 9.21 Å². The summed E-state index contributed by atoms with van der Waals surface area (Å²) in [5.41, 5.74) is 1.60. The molecular formula is C21H23N3O7S2. The van der Waals surface area contributed by atoms with Crippen LogP contribution in [0.5, 0.6) is 0 Å². The van der Waals surface area contributed by atoms with E-state index in [1.807, 2.05) is 6.07 Å². The summed E-state index contributed by atoms with van der Waals surface area (Å²) in [6.07, 6.45) is 3.73. The minimum atomic E-state index is -3.77. The molecule has 12 heteroatoms. The fourth-order valence-electron chi connectivity index (χ4n) is 4.20. The van der Waals surface area contributed by atoms with Gasteiger partial charge in [-0.25, -0.2) is 16.8 Å². The van der Waals surface area contributed by atoms with Crippen molar-refractivity contribution in [2.24, 2.45) is 0 Å². The summed E-state index contributed by atoms with van der Waals surface area (Å²) in [6.45, 7) is 0.303. The van der Waals surface area contributed by atoms with Gasteiger partial charge in [-0.3, -0.25) is 14.9 Å². The fraction of sp³-hybridized carbons (Fsp3) is 0.381. The average molecular weight is 494 g/mol. The standard InChI is InChI=1S/C21H23N3O7S2/c1-32(28,29)20-13-17(11-18(14-20)24(26)27)21(25)22-7-9-23(10-8-22)33(30,31)19-6-5-15-3-2-4-16(15)12-19/h5-6,11-14H,2-4,7-10H2,1H3. The van der Waals surface area contributed by atoms with Crippen LogP contribution in [-0.4, -0.2) is 69.3 Å². The quantitative estimate of drug-likeness (QED) is 0.456. The number of non-ortho nitro benzene ring substituents is 1. The molecule has 1 heterocycles. The first kappa shape index (κ1) is 23.3. The van der Waals surface area contributed by atoms with Gasteiger partial charge < -0.3 is 4.90 Å². The van der Waals surface area contributed by atoms with E-state index in [0.29, 0.717) is 0 Å². The zero-order valence-corrected chi connectivity index (χ0v) is 19.6. The molecule has 2 aromatic rings. The van der Waals surface area contributed by atoms with Gasteiger partial charge in [0.15, 0.2) is 9.84 Å². The van der Waals surface area contributed by atoms with Crippen molar-refractivity contribution in [2.75, 3.05) is 32.4 Å². The smallest absolute Gasteiger partial charge is 0.271 e. The van der Waals surface area contributed by atoms with Crippen LogP contribution >= 0.6 is 0 Å². The van der Waals surface area contributed by atoms with Crippen LogP contribution in [0.1, 0.15) is 27.9 Å². The van der Waals surface area contributed by atoms with Crippen LogP contribution in [0.25, 0.3) is 0 Å². The van der Waals surface area contributed by atoms with Crippen LogP contribution in [0.4, 0.5) is 5.69 Å². The normalized spacial score (nSPS) is 17.1. The first-order valence-electron chi connectivity index (χ1n) is 10.4. The molecule has 1 aliphatic heterocycles. The van der Waals surface area contributed by atoms with Gasteiger partial charge in [0.2, 0.25) is 10.0 Å². The number of nitro groups is 1. The molecule has 0 N–H and O–H groups in total. The van der Waals surface area contributed by atoms with E-state index in [1.165, 1.54) is 14.8 Å². The van der Waals surface area contributed by atoms with Gasteiger partial charge in [-0.05, 0) is 48.6 Å². The number of carbonyl (C=O) groups excluding carboxylic acids is 1. The van der Waals surface area contributed by atoms with Crippen LogP contribution in [0.2, 0.25) is 0 Å². The summed E-state index contributed by atoms with van der Waals surface area (Å²) in [7, 11) is -7.49. The SMILES string of the molecule is CS(=O)(=O)c1cc(C(=O)N2CCN(S(=O)(=O)c3ccc4c(c3)CCC4)CC2)cc([N+](=O)[O-])c1. The number of fused-ring (bicyclic) bond motifs is 1. The predicted octanol–water partition coefficient (Wildman–Crippen LogP) is 1.63. The van der Waals surface area contributed by atoms with Crippen molar-refractivity contribution >= 4 is 31.5 Å². The van der Waals surface area contributed by atoms with E-state index in [2.05, 4.69) is 0 Å². The Morgan fingerprint density at radius 1 is 0.909 bits per heavy atom. The van der Waals surface area contributed by atoms with Crippen LogP contribution in [0.3, 0.4) is 0 Å². The molecule has 0 bridgehead atoms. The van der Waals surface area contributed by atoms with E-state index in [1.54, 1.807) is 12.1 Å². The van der Waals surface area contributed by atoms with Gasteiger partial charge in [-0.1, -0.05) is 6.07 Å². The van der Waals surface area contributed by atoms with E-state index in [-0.39, 0.29) is 41.5 Å². The van der Waals surface area contributed by atoms with Crippen LogP contribution in [0, 0.1) is 10.1 Å². The second kappa shape index (κ2) is 8.50. The average Bonchev–Trinajstić information content (AvgIpc) is 3.25. The van der Waals surface area contributed by atoms with E-state index < -0.39 is 36.4 Å². The van der Waals surface area contributed by atoms with Crippen molar-refractivity contribution in [3.05, 3.63) is 63.2 Å². The maximum Gasteiger partial charge on any atom is 0.271 e. The Morgan fingerprint density at radius 3 is 2.21 bits per heavy atom. The highest BCUT2D eigenvalue weighted by atomic mass is 32.2. The molecule has 0 unspecified atom stereocenters. The molecular weight excluding hydrogens is 470 g/mol. The number of nitrogens with zero attached hydrogens (tertiary/aromatic N) is 3. The highest BCUT2D eigenvalue weighted by molar-refractivity contribution is 7.90. The predicted molar refractivity (Wildman–Crippen MR) is 119 cm³/mol. The molecule has 1 aliphatic carbocycles. The zero-order chi connectivity index (χ0) is 24.0. The van der Waals surface area contributed by atoms with Crippen LogP contribution < -0.4 is 0 Å². The van der Waals surface area contributed by atoms with Crippen molar-refractivity contribution < 1.29 is 26.6 Å². The molecule has 0 atom stereocenters. The van der Waals surface area contributed by atoms with Gasteiger partial charge in [0, 0.05) is 50.1 Å². The van der Waals surface area contributed by atoms with Crippen LogP contribution in [0.15, 0.2) is 46.2 Å². The highest BCUT2D eigenvalue weighted by Gasteiger charge is 2.32. The van der Waals surface area contributed by atoms with E-state index >= 15 is 0 Å². The maximum atomic E-state index is 13.1. The van der Waals surface area contributed by atoms with Gasteiger partial charge in [-0.2, -0.15) is 4.31 Å². The second-order valence-electron chi connectivity index (χ2n) is 8.23. The van der Waals surface area contributed by atoms with Crippen LogP contribution in [-0.2, 0) is 32.7 Å². The number of benzene rings is 2. The lowest BCUT2D eigenvalue weighted by Gasteiger charge is -2.34. The molecule has 0 aromatic heterocycles. The Bertz CT molecular complexity index is 1350. The van der Waals surface area contributed by atoms with Gasteiger partial charge in [-0.15, -0.1) is 0 Å². The third-order valence-electron chi connectivity index (χ3n) is 6.01. The summed E-state index contributed by atoms with van der Waals surface area (Å²) in [4.78, 5) is 24.7. The number of hydrogen-bond donors (Lipinski definition) is 0. The van der Waals surface area contributed by atoms with Crippen molar-refractivity contribution in [2.45, 2.75) is 29.1 Å². The number of hydrogen-bond acceptors (Lipinski definition) is 7. The lowest BCUT2D eigenvalue weighted by atomic mass is 10.1. The first-order valence-corrected chi connectivity index (χ1v) is 13.7. The third kappa shape index (κ3) is 4.63. The largest absolute Gasteiger partial charge is 0.336 e. The highest BCUT2D eigenvalue weighted by Crippen LogP contribution is 2.27. The van der Waals surface area contributed by atoms with Crippen molar-refractivity contribution in [3.8, 4) is 0 Å². The van der Waals surface area contributed by atoms with Gasteiger partial charge in [0.05, 0.1) is 14.7 Å². The molecule has 4 rings (SSSR count). The molecule has 176 valence electrons. The zero-order valence-electron chi connectivity index (χ0n) is 17.9. The Labute approximate surface area is 191 Å². The topological polar surface area (TPSA) is 135 Å².